The van der Waals surface area contributed by atoms with Crippen LogP contribution in [0, 0.1) is 0 Å². The van der Waals surface area contributed by atoms with Crippen molar-refractivity contribution in [1.29, 1.82) is 0 Å². The molecule has 0 aliphatic carbocycles. The molecule has 1 aliphatic rings. The van der Waals surface area contributed by atoms with Gasteiger partial charge in [0.25, 0.3) is 0 Å². The third-order valence-corrected chi connectivity index (χ3v) is 5.27. The number of amides is 1. The first-order valence-electron chi connectivity index (χ1n) is 10.7. The van der Waals surface area contributed by atoms with Gasteiger partial charge in [0.15, 0.2) is 11.5 Å². The smallest absolute Gasteiger partial charge is 0.339 e. The molecular formula is C23H30N4O6. The van der Waals surface area contributed by atoms with E-state index in [2.05, 4.69) is 20.1 Å². The van der Waals surface area contributed by atoms with E-state index in [1.54, 1.807) is 25.1 Å². The third-order valence-electron chi connectivity index (χ3n) is 5.27. The van der Waals surface area contributed by atoms with E-state index in [0.717, 1.165) is 18.9 Å². The van der Waals surface area contributed by atoms with Crippen molar-refractivity contribution in [3.63, 3.8) is 0 Å². The van der Waals surface area contributed by atoms with Gasteiger partial charge in [0.2, 0.25) is 11.7 Å². The van der Waals surface area contributed by atoms with Crippen LogP contribution in [0.2, 0.25) is 0 Å². The van der Waals surface area contributed by atoms with Gasteiger partial charge in [-0.1, -0.05) is 0 Å². The van der Waals surface area contributed by atoms with Gasteiger partial charge in [0, 0.05) is 50.2 Å². The minimum Gasteiger partial charge on any atom is -0.493 e. The minimum atomic E-state index is -0.375. The molecule has 2 heterocycles. The summed E-state index contributed by atoms with van der Waals surface area (Å²) in [7, 11) is 4.59. The first-order valence-corrected chi connectivity index (χ1v) is 10.7. The van der Waals surface area contributed by atoms with Gasteiger partial charge >= 0.3 is 5.97 Å². The summed E-state index contributed by atoms with van der Waals surface area (Å²) in [6, 6.07) is 6.93. The molecule has 1 aromatic carbocycles. The van der Waals surface area contributed by atoms with Crippen LogP contribution in [0.15, 0.2) is 30.5 Å². The molecule has 1 fully saturated rings. The molecule has 0 saturated carbocycles. The second kappa shape index (κ2) is 11.4. The largest absolute Gasteiger partial charge is 0.493 e. The van der Waals surface area contributed by atoms with E-state index in [9.17, 15) is 9.59 Å². The van der Waals surface area contributed by atoms with Crippen molar-refractivity contribution in [3.8, 4) is 17.2 Å². The second-order valence-corrected chi connectivity index (χ2v) is 7.35. The fraction of sp³-hybridized carbons (Fsp3) is 0.435. The molecule has 0 atom stereocenters. The molecule has 1 saturated heterocycles. The molecule has 0 bridgehead atoms. The molecule has 10 nitrogen and oxygen atoms in total. The molecule has 3 rings (SSSR count). The van der Waals surface area contributed by atoms with E-state index in [1.165, 1.54) is 27.5 Å². The number of nitrogens with one attached hydrogen (secondary N) is 1. The molecule has 0 unspecified atom stereocenters. The lowest BCUT2D eigenvalue weighted by Crippen LogP contribution is -2.48. The maximum absolute atomic E-state index is 12.6. The standard InChI is InChI=1S/C23H30N4O6/c1-5-33-23(29)16-6-7-20(24-14-16)27-10-8-26(9-11-27)15-21(28)25-17-12-18(30-2)22(32-4)19(13-17)31-3/h6-7,12-14H,5,8-11,15H2,1-4H3,(H,25,28). The van der Waals surface area contributed by atoms with E-state index in [1.807, 2.05) is 6.07 Å². The lowest BCUT2D eigenvalue weighted by molar-refractivity contribution is -0.117. The van der Waals surface area contributed by atoms with Crippen molar-refractivity contribution >= 4 is 23.4 Å². The number of carbonyl (C=O) groups excluding carboxylic acids is 2. The van der Waals surface area contributed by atoms with Crippen LogP contribution in [0.4, 0.5) is 11.5 Å². The van der Waals surface area contributed by atoms with E-state index in [-0.39, 0.29) is 18.4 Å². The first-order chi connectivity index (χ1) is 16.0. The number of carbonyl (C=O) groups is 2. The molecule has 33 heavy (non-hydrogen) atoms. The highest BCUT2D eigenvalue weighted by Crippen LogP contribution is 2.39. The maximum Gasteiger partial charge on any atom is 0.339 e. The Kier molecular flexibility index (Phi) is 8.31. The van der Waals surface area contributed by atoms with Crippen LogP contribution in [0.1, 0.15) is 17.3 Å². The van der Waals surface area contributed by atoms with Crippen LogP contribution in [0.3, 0.4) is 0 Å². The second-order valence-electron chi connectivity index (χ2n) is 7.35. The van der Waals surface area contributed by atoms with Gasteiger partial charge in [0.1, 0.15) is 5.82 Å². The Bertz CT molecular complexity index is 933. The van der Waals surface area contributed by atoms with Crippen molar-refractivity contribution in [2.45, 2.75) is 6.92 Å². The van der Waals surface area contributed by atoms with Crippen molar-refractivity contribution in [3.05, 3.63) is 36.0 Å². The van der Waals surface area contributed by atoms with E-state index in [0.29, 0.717) is 48.2 Å². The van der Waals surface area contributed by atoms with Crippen LogP contribution in [-0.4, -0.2) is 82.4 Å². The summed E-state index contributed by atoms with van der Waals surface area (Å²) in [5, 5.41) is 2.89. The minimum absolute atomic E-state index is 0.130. The Morgan fingerprint density at radius 1 is 1.00 bits per heavy atom. The average Bonchev–Trinajstić information content (AvgIpc) is 2.84. The number of pyridine rings is 1. The van der Waals surface area contributed by atoms with Crippen molar-refractivity contribution < 1.29 is 28.5 Å². The molecule has 0 radical (unpaired) electrons. The fourth-order valence-electron chi connectivity index (χ4n) is 3.60. The van der Waals surface area contributed by atoms with Gasteiger partial charge in [-0.25, -0.2) is 9.78 Å². The van der Waals surface area contributed by atoms with Crippen molar-refractivity contribution in [1.82, 2.24) is 9.88 Å². The quantitative estimate of drug-likeness (QED) is 0.566. The summed E-state index contributed by atoms with van der Waals surface area (Å²) in [5.41, 5.74) is 1.00. The van der Waals surface area contributed by atoms with Crippen molar-refractivity contribution in [2.75, 3.05) is 70.9 Å². The summed E-state index contributed by atoms with van der Waals surface area (Å²) in [5.74, 6) is 1.71. The lowest BCUT2D eigenvalue weighted by atomic mass is 10.2. The van der Waals surface area contributed by atoms with Crippen molar-refractivity contribution in [2.24, 2.45) is 0 Å². The maximum atomic E-state index is 12.6. The number of benzene rings is 1. The molecule has 1 aromatic heterocycles. The number of ether oxygens (including phenoxy) is 4. The van der Waals surface area contributed by atoms with Gasteiger partial charge in [-0.2, -0.15) is 0 Å². The SMILES string of the molecule is CCOC(=O)c1ccc(N2CCN(CC(=O)Nc3cc(OC)c(OC)c(OC)c3)CC2)nc1. The lowest BCUT2D eigenvalue weighted by Gasteiger charge is -2.35. The zero-order chi connectivity index (χ0) is 23.8. The monoisotopic (exact) mass is 458 g/mol. The Hall–Kier alpha value is -3.53. The highest BCUT2D eigenvalue weighted by molar-refractivity contribution is 5.93. The fourth-order valence-corrected chi connectivity index (χ4v) is 3.60. The topological polar surface area (TPSA) is 102 Å². The van der Waals surface area contributed by atoms with Crippen LogP contribution < -0.4 is 24.4 Å². The third kappa shape index (κ3) is 6.04. The zero-order valence-electron chi connectivity index (χ0n) is 19.4. The predicted molar refractivity (Wildman–Crippen MR) is 124 cm³/mol. The summed E-state index contributed by atoms with van der Waals surface area (Å²) in [6.45, 7) is 5.24. The predicted octanol–water partition coefficient (Wildman–Crippen LogP) is 2.04. The Labute approximate surface area is 193 Å². The Morgan fingerprint density at radius 3 is 2.18 bits per heavy atom. The van der Waals surface area contributed by atoms with Gasteiger partial charge in [0.05, 0.1) is 40.0 Å². The number of methoxy groups -OCH3 is 3. The first kappa shape index (κ1) is 24.1. The molecular weight excluding hydrogens is 428 g/mol. The number of aromatic nitrogens is 1. The number of esters is 1. The number of hydrogen-bond donors (Lipinski definition) is 1. The number of anilines is 2. The highest BCUT2D eigenvalue weighted by Gasteiger charge is 2.21. The van der Waals surface area contributed by atoms with E-state index in [4.69, 9.17) is 18.9 Å². The van der Waals surface area contributed by atoms with Crippen LogP contribution in [0.25, 0.3) is 0 Å². The van der Waals surface area contributed by atoms with Gasteiger partial charge in [-0.15, -0.1) is 0 Å². The summed E-state index contributed by atoms with van der Waals surface area (Å²) in [6.07, 6.45) is 1.53. The number of rotatable bonds is 9. The average molecular weight is 459 g/mol. The molecule has 1 amide bonds. The zero-order valence-corrected chi connectivity index (χ0v) is 19.4. The molecule has 10 heteroatoms. The summed E-state index contributed by atoms with van der Waals surface area (Å²) < 4.78 is 21.0. The normalized spacial score (nSPS) is 13.9. The number of hydrogen-bond acceptors (Lipinski definition) is 9. The molecule has 2 aromatic rings. The Morgan fingerprint density at radius 2 is 1.67 bits per heavy atom. The summed E-state index contributed by atoms with van der Waals surface area (Å²) in [4.78, 5) is 33.0. The van der Waals surface area contributed by atoms with Crippen LogP contribution in [-0.2, 0) is 9.53 Å². The van der Waals surface area contributed by atoms with Gasteiger partial charge in [-0.05, 0) is 19.1 Å². The van der Waals surface area contributed by atoms with Gasteiger partial charge in [-0.3, -0.25) is 9.69 Å². The van der Waals surface area contributed by atoms with Crippen LogP contribution >= 0.6 is 0 Å². The molecule has 178 valence electrons. The highest BCUT2D eigenvalue weighted by atomic mass is 16.5. The van der Waals surface area contributed by atoms with E-state index < -0.39 is 0 Å². The van der Waals surface area contributed by atoms with Gasteiger partial charge < -0.3 is 29.2 Å². The number of piperazine rings is 1. The van der Waals surface area contributed by atoms with E-state index >= 15 is 0 Å². The molecule has 1 aliphatic heterocycles. The molecule has 0 spiro atoms. The van der Waals surface area contributed by atoms with Crippen LogP contribution in [0.5, 0.6) is 17.2 Å². The summed E-state index contributed by atoms with van der Waals surface area (Å²) >= 11 is 0. The number of nitrogens with zero attached hydrogens (tertiary/aromatic N) is 3. The Balaban J connectivity index is 1.53. The molecule has 1 N–H and O–H groups in total.